The van der Waals surface area contributed by atoms with Gasteiger partial charge in [-0.3, -0.25) is 14.4 Å². The zero-order chi connectivity index (χ0) is 20.3. The summed E-state index contributed by atoms with van der Waals surface area (Å²) in [6.45, 7) is 2.06. The number of fused-ring (bicyclic) bond motifs is 1. The predicted molar refractivity (Wildman–Crippen MR) is 107 cm³/mol. The molecular formula is C18H18ClFN4O3S. The summed E-state index contributed by atoms with van der Waals surface area (Å²) in [6, 6.07) is 3.72. The molecule has 0 saturated heterocycles. The topological polar surface area (TPSA) is 104 Å². The van der Waals surface area contributed by atoms with E-state index in [0.717, 1.165) is 24.7 Å². The SMILES string of the molecule is CCCCSc1nc2c(c(=O)[nH]1)[C@@H](C(=O)Nc1ccc(F)c(Cl)c1)CC(=O)N2. The molecule has 2 amide bonds. The Labute approximate surface area is 169 Å². The van der Waals surface area contributed by atoms with E-state index < -0.39 is 29.1 Å². The zero-order valence-electron chi connectivity index (χ0n) is 15.0. The summed E-state index contributed by atoms with van der Waals surface area (Å²) in [5.74, 6) is -1.74. The number of anilines is 2. The molecule has 1 aliphatic rings. The van der Waals surface area contributed by atoms with Crippen molar-refractivity contribution in [1.82, 2.24) is 9.97 Å². The first-order chi connectivity index (χ1) is 13.4. The third-order valence-corrected chi connectivity index (χ3v) is 5.42. The third kappa shape index (κ3) is 4.53. The van der Waals surface area contributed by atoms with E-state index in [9.17, 15) is 18.8 Å². The molecule has 28 heavy (non-hydrogen) atoms. The smallest absolute Gasteiger partial charge is 0.257 e. The van der Waals surface area contributed by atoms with Crippen LogP contribution in [0.4, 0.5) is 15.9 Å². The quantitative estimate of drug-likeness (QED) is 0.374. The molecule has 1 aliphatic heterocycles. The lowest BCUT2D eigenvalue weighted by Crippen LogP contribution is -2.36. The number of unbranched alkanes of at least 4 members (excludes halogenated alkanes) is 1. The fourth-order valence-corrected chi connectivity index (χ4v) is 3.89. The van der Waals surface area contributed by atoms with Gasteiger partial charge in [0.1, 0.15) is 11.6 Å². The minimum Gasteiger partial charge on any atom is -0.325 e. The summed E-state index contributed by atoms with van der Waals surface area (Å²) < 4.78 is 13.3. The fraction of sp³-hybridized carbons (Fsp3) is 0.333. The molecule has 1 atom stereocenters. The standard InChI is InChI=1S/C18H18ClFN4O3S/c1-2-3-6-28-18-23-15-14(17(27)24-18)10(8-13(25)22-15)16(26)21-9-4-5-12(20)11(19)7-9/h4-5,7,10H,2-3,6,8H2,1H3,(H,21,26)(H2,22,23,24,25,27)/t10-/m0/s1. The number of aromatic amines is 1. The van der Waals surface area contributed by atoms with Gasteiger partial charge in [-0.25, -0.2) is 9.37 Å². The van der Waals surface area contributed by atoms with Crippen LogP contribution in [-0.2, 0) is 9.59 Å². The van der Waals surface area contributed by atoms with E-state index in [1.54, 1.807) is 0 Å². The maximum absolute atomic E-state index is 13.3. The first-order valence-corrected chi connectivity index (χ1v) is 10.1. The van der Waals surface area contributed by atoms with Crippen molar-refractivity contribution in [2.75, 3.05) is 16.4 Å². The minimum atomic E-state index is -1.02. The second-order valence-corrected chi connectivity index (χ2v) is 7.75. The van der Waals surface area contributed by atoms with Crippen molar-refractivity contribution in [1.29, 1.82) is 0 Å². The Balaban J connectivity index is 1.87. The Bertz CT molecular complexity index is 982. The minimum absolute atomic E-state index is 0.0938. The number of hydrogen-bond donors (Lipinski definition) is 3. The van der Waals surface area contributed by atoms with Crippen molar-refractivity contribution in [3.63, 3.8) is 0 Å². The highest BCUT2D eigenvalue weighted by Gasteiger charge is 2.34. The highest BCUT2D eigenvalue weighted by Crippen LogP contribution is 2.31. The lowest BCUT2D eigenvalue weighted by Gasteiger charge is -2.23. The van der Waals surface area contributed by atoms with E-state index in [1.165, 1.54) is 23.9 Å². The maximum Gasteiger partial charge on any atom is 0.257 e. The van der Waals surface area contributed by atoms with Gasteiger partial charge in [-0.1, -0.05) is 36.7 Å². The number of H-pyrrole nitrogens is 1. The molecule has 0 unspecified atom stereocenters. The van der Waals surface area contributed by atoms with Gasteiger partial charge >= 0.3 is 0 Å². The Morgan fingerprint density at radius 1 is 1.43 bits per heavy atom. The van der Waals surface area contributed by atoms with Crippen LogP contribution in [0, 0.1) is 5.82 Å². The molecule has 2 heterocycles. The molecule has 3 rings (SSSR count). The van der Waals surface area contributed by atoms with Crippen molar-refractivity contribution >= 4 is 46.7 Å². The molecule has 0 spiro atoms. The Morgan fingerprint density at radius 2 is 2.21 bits per heavy atom. The van der Waals surface area contributed by atoms with Gasteiger partial charge in [-0.15, -0.1) is 0 Å². The van der Waals surface area contributed by atoms with Crippen LogP contribution in [0.5, 0.6) is 0 Å². The predicted octanol–water partition coefficient (Wildman–Crippen LogP) is 3.52. The molecule has 3 N–H and O–H groups in total. The summed E-state index contributed by atoms with van der Waals surface area (Å²) in [5.41, 5.74) is -0.105. The largest absolute Gasteiger partial charge is 0.325 e. The summed E-state index contributed by atoms with van der Waals surface area (Å²) in [7, 11) is 0. The highest BCUT2D eigenvalue weighted by molar-refractivity contribution is 7.99. The van der Waals surface area contributed by atoms with Gasteiger partial charge in [-0.05, 0) is 24.6 Å². The molecule has 2 aromatic rings. The summed E-state index contributed by atoms with van der Waals surface area (Å²) in [6.07, 6.45) is 1.78. The maximum atomic E-state index is 13.3. The average Bonchev–Trinajstić information content (AvgIpc) is 2.64. The van der Waals surface area contributed by atoms with Crippen LogP contribution in [-0.4, -0.2) is 27.5 Å². The fourth-order valence-electron chi connectivity index (χ4n) is 2.76. The normalized spacial score (nSPS) is 15.7. The van der Waals surface area contributed by atoms with E-state index in [-0.39, 0.29) is 28.5 Å². The van der Waals surface area contributed by atoms with E-state index in [0.29, 0.717) is 5.16 Å². The Morgan fingerprint density at radius 3 is 2.93 bits per heavy atom. The molecule has 0 saturated carbocycles. The van der Waals surface area contributed by atoms with E-state index in [1.807, 2.05) is 0 Å². The number of carbonyl (C=O) groups is 2. The van der Waals surface area contributed by atoms with Gasteiger partial charge < -0.3 is 15.6 Å². The molecule has 0 bridgehead atoms. The van der Waals surface area contributed by atoms with E-state index in [2.05, 4.69) is 27.5 Å². The molecule has 1 aromatic heterocycles. The number of thioether (sulfide) groups is 1. The summed E-state index contributed by atoms with van der Waals surface area (Å²) in [5, 5.41) is 5.38. The second kappa shape index (κ2) is 8.74. The third-order valence-electron chi connectivity index (χ3n) is 4.17. The number of halogens is 2. The average molecular weight is 425 g/mol. The monoisotopic (exact) mass is 424 g/mol. The van der Waals surface area contributed by atoms with Crippen LogP contribution in [0.15, 0.2) is 28.2 Å². The number of nitrogens with one attached hydrogen (secondary N) is 3. The molecule has 0 fully saturated rings. The Kier molecular flexibility index (Phi) is 6.35. The lowest BCUT2D eigenvalue weighted by molar-refractivity contribution is -0.123. The number of benzene rings is 1. The number of amides is 2. The first-order valence-electron chi connectivity index (χ1n) is 8.71. The molecular weight excluding hydrogens is 407 g/mol. The van der Waals surface area contributed by atoms with Crippen LogP contribution < -0.4 is 16.2 Å². The van der Waals surface area contributed by atoms with Crippen molar-refractivity contribution in [3.8, 4) is 0 Å². The van der Waals surface area contributed by atoms with Crippen molar-refractivity contribution < 1.29 is 14.0 Å². The van der Waals surface area contributed by atoms with Gasteiger partial charge in [0, 0.05) is 17.9 Å². The zero-order valence-corrected chi connectivity index (χ0v) is 16.5. The molecule has 7 nitrogen and oxygen atoms in total. The van der Waals surface area contributed by atoms with Gasteiger partial charge in [-0.2, -0.15) is 0 Å². The molecule has 0 aliphatic carbocycles. The van der Waals surface area contributed by atoms with Crippen molar-refractivity contribution in [2.45, 2.75) is 37.3 Å². The van der Waals surface area contributed by atoms with Gasteiger partial charge in [0.05, 0.1) is 16.5 Å². The van der Waals surface area contributed by atoms with Crippen LogP contribution >= 0.6 is 23.4 Å². The van der Waals surface area contributed by atoms with Gasteiger partial charge in [0.2, 0.25) is 11.8 Å². The van der Waals surface area contributed by atoms with Crippen molar-refractivity contribution in [3.05, 3.63) is 45.0 Å². The molecule has 1 aromatic carbocycles. The van der Waals surface area contributed by atoms with E-state index in [4.69, 9.17) is 11.6 Å². The Hall–Kier alpha value is -2.39. The number of carbonyl (C=O) groups excluding carboxylic acids is 2. The highest BCUT2D eigenvalue weighted by atomic mass is 35.5. The number of aromatic nitrogens is 2. The van der Waals surface area contributed by atoms with E-state index >= 15 is 0 Å². The summed E-state index contributed by atoms with van der Waals surface area (Å²) >= 11 is 7.10. The summed E-state index contributed by atoms with van der Waals surface area (Å²) in [4.78, 5) is 44.3. The van der Waals surface area contributed by atoms with Crippen LogP contribution in [0.3, 0.4) is 0 Å². The van der Waals surface area contributed by atoms with Crippen LogP contribution in [0.2, 0.25) is 5.02 Å². The number of hydrogen-bond acceptors (Lipinski definition) is 5. The van der Waals surface area contributed by atoms with Gasteiger partial charge in [0.25, 0.3) is 5.56 Å². The van der Waals surface area contributed by atoms with Crippen LogP contribution in [0.1, 0.15) is 37.7 Å². The number of rotatable bonds is 6. The second-order valence-electron chi connectivity index (χ2n) is 6.26. The number of nitrogens with zero attached hydrogens (tertiary/aromatic N) is 1. The van der Waals surface area contributed by atoms with Gasteiger partial charge in [0.15, 0.2) is 5.16 Å². The van der Waals surface area contributed by atoms with Crippen molar-refractivity contribution in [2.24, 2.45) is 0 Å². The first kappa shape index (κ1) is 20.3. The molecule has 10 heteroatoms. The molecule has 148 valence electrons. The van der Waals surface area contributed by atoms with Crippen LogP contribution in [0.25, 0.3) is 0 Å². The molecule has 0 radical (unpaired) electrons. The lowest BCUT2D eigenvalue weighted by atomic mass is 9.92.